The second-order valence-electron chi connectivity index (χ2n) is 3.80. The normalized spacial score (nSPS) is 12.1. The number of nitrogens with zero attached hydrogens (tertiary/aromatic N) is 1. The van der Waals surface area contributed by atoms with Crippen LogP contribution < -0.4 is 0 Å². The Morgan fingerprint density at radius 1 is 1.56 bits per heavy atom. The molecular formula is C11H13NO4. The largest absolute Gasteiger partial charge is 0.481 e. The summed E-state index contributed by atoms with van der Waals surface area (Å²) in [5, 5.41) is 19.2. The number of non-ortho nitro benzene ring substituents is 1. The Bertz CT molecular complexity index is 428. The third-order valence-electron chi connectivity index (χ3n) is 2.48. The molecule has 1 unspecified atom stereocenters. The number of hydrogen-bond acceptors (Lipinski definition) is 3. The van der Waals surface area contributed by atoms with E-state index in [9.17, 15) is 14.9 Å². The number of carbonyl (C=O) groups is 1. The summed E-state index contributed by atoms with van der Waals surface area (Å²) in [7, 11) is 0. The van der Waals surface area contributed by atoms with Gasteiger partial charge in [-0.25, -0.2) is 0 Å². The van der Waals surface area contributed by atoms with Crippen LogP contribution in [0.3, 0.4) is 0 Å². The Balaban J connectivity index is 2.98. The van der Waals surface area contributed by atoms with E-state index in [1.54, 1.807) is 19.9 Å². The number of hydrogen-bond donors (Lipinski definition) is 1. The molecule has 0 aliphatic heterocycles. The summed E-state index contributed by atoms with van der Waals surface area (Å²) in [4.78, 5) is 20.6. The van der Waals surface area contributed by atoms with Gasteiger partial charge < -0.3 is 5.11 Å². The number of nitro benzene ring substituents is 1. The molecule has 0 heterocycles. The molecule has 1 rings (SSSR count). The fraction of sp³-hybridized carbons (Fsp3) is 0.364. The van der Waals surface area contributed by atoms with Gasteiger partial charge in [0.15, 0.2) is 0 Å². The molecule has 5 nitrogen and oxygen atoms in total. The summed E-state index contributed by atoms with van der Waals surface area (Å²) in [5.41, 5.74) is 1.62. The SMILES string of the molecule is Cc1cc([N+](=O)[O-])ccc1C(C)CC(=O)O. The van der Waals surface area contributed by atoms with Crippen LogP contribution in [-0.4, -0.2) is 16.0 Å². The molecule has 0 aliphatic carbocycles. The van der Waals surface area contributed by atoms with E-state index < -0.39 is 10.9 Å². The van der Waals surface area contributed by atoms with Crippen molar-refractivity contribution in [2.45, 2.75) is 26.2 Å². The van der Waals surface area contributed by atoms with Crippen LogP contribution in [0.25, 0.3) is 0 Å². The van der Waals surface area contributed by atoms with Crippen molar-refractivity contribution < 1.29 is 14.8 Å². The first-order valence-electron chi connectivity index (χ1n) is 4.88. The van der Waals surface area contributed by atoms with Crippen LogP contribution >= 0.6 is 0 Å². The molecule has 0 saturated carbocycles. The van der Waals surface area contributed by atoms with Gasteiger partial charge in [-0.05, 0) is 24.0 Å². The van der Waals surface area contributed by atoms with Crippen LogP contribution in [0.4, 0.5) is 5.69 Å². The third kappa shape index (κ3) is 2.79. The highest BCUT2D eigenvalue weighted by Crippen LogP contribution is 2.25. The molecule has 5 heteroatoms. The van der Waals surface area contributed by atoms with Gasteiger partial charge in [-0.2, -0.15) is 0 Å². The molecule has 0 aromatic heterocycles. The van der Waals surface area contributed by atoms with Gasteiger partial charge in [0.25, 0.3) is 5.69 Å². The van der Waals surface area contributed by atoms with E-state index in [2.05, 4.69) is 0 Å². The number of carboxylic acids is 1. The molecular weight excluding hydrogens is 210 g/mol. The molecule has 0 spiro atoms. The van der Waals surface area contributed by atoms with Crippen molar-refractivity contribution in [3.63, 3.8) is 0 Å². The molecule has 0 fully saturated rings. The Morgan fingerprint density at radius 2 is 2.19 bits per heavy atom. The van der Waals surface area contributed by atoms with Gasteiger partial charge in [0.05, 0.1) is 11.3 Å². The number of aliphatic carboxylic acids is 1. The van der Waals surface area contributed by atoms with E-state index >= 15 is 0 Å². The minimum atomic E-state index is -0.870. The number of rotatable bonds is 4. The molecule has 0 saturated heterocycles. The Morgan fingerprint density at radius 3 is 2.62 bits per heavy atom. The van der Waals surface area contributed by atoms with Crippen molar-refractivity contribution in [3.8, 4) is 0 Å². The van der Waals surface area contributed by atoms with Gasteiger partial charge in [0, 0.05) is 12.1 Å². The summed E-state index contributed by atoms with van der Waals surface area (Å²) in [5.74, 6) is -1.01. The lowest BCUT2D eigenvalue weighted by atomic mass is 9.93. The van der Waals surface area contributed by atoms with E-state index in [1.165, 1.54) is 12.1 Å². The second-order valence-corrected chi connectivity index (χ2v) is 3.80. The van der Waals surface area contributed by atoms with Gasteiger partial charge in [-0.15, -0.1) is 0 Å². The molecule has 1 aromatic carbocycles. The van der Waals surface area contributed by atoms with Crippen molar-refractivity contribution >= 4 is 11.7 Å². The lowest BCUT2D eigenvalue weighted by Gasteiger charge is -2.11. The Labute approximate surface area is 92.9 Å². The lowest BCUT2D eigenvalue weighted by molar-refractivity contribution is -0.384. The maximum Gasteiger partial charge on any atom is 0.303 e. The van der Waals surface area contributed by atoms with E-state index in [0.29, 0.717) is 0 Å². The minimum absolute atomic E-state index is 0.0264. The predicted octanol–water partition coefficient (Wildman–Crippen LogP) is 2.48. The molecule has 0 radical (unpaired) electrons. The second kappa shape index (κ2) is 4.74. The molecule has 16 heavy (non-hydrogen) atoms. The van der Waals surface area contributed by atoms with Crippen LogP contribution in [0.5, 0.6) is 0 Å². The van der Waals surface area contributed by atoms with E-state index in [0.717, 1.165) is 11.1 Å². The van der Waals surface area contributed by atoms with Gasteiger partial charge in [-0.3, -0.25) is 14.9 Å². The van der Waals surface area contributed by atoms with E-state index in [-0.39, 0.29) is 18.0 Å². The fourth-order valence-electron chi connectivity index (χ4n) is 1.70. The van der Waals surface area contributed by atoms with E-state index in [4.69, 9.17) is 5.11 Å². The van der Waals surface area contributed by atoms with Gasteiger partial charge in [-0.1, -0.05) is 13.0 Å². The number of aryl methyl sites for hydroxylation is 1. The summed E-state index contributed by atoms with van der Waals surface area (Å²) in [6.45, 7) is 3.54. The Hall–Kier alpha value is -1.91. The molecule has 86 valence electrons. The van der Waals surface area contributed by atoms with E-state index in [1.807, 2.05) is 0 Å². The average molecular weight is 223 g/mol. The molecule has 1 aromatic rings. The first kappa shape index (κ1) is 12.2. The Kier molecular flexibility index (Phi) is 3.60. The highest BCUT2D eigenvalue weighted by molar-refractivity contribution is 5.68. The van der Waals surface area contributed by atoms with Crippen molar-refractivity contribution in [2.24, 2.45) is 0 Å². The van der Waals surface area contributed by atoms with Gasteiger partial charge in [0.1, 0.15) is 0 Å². The summed E-state index contributed by atoms with van der Waals surface area (Å²) >= 11 is 0. The van der Waals surface area contributed by atoms with Crippen LogP contribution in [0.1, 0.15) is 30.4 Å². The molecule has 0 amide bonds. The number of nitro groups is 1. The molecule has 0 aliphatic rings. The maximum atomic E-state index is 10.6. The minimum Gasteiger partial charge on any atom is -0.481 e. The van der Waals surface area contributed by atoms with Crippen LogP contribution in [0.15, 0.2) is 18.2 Å². The summed E-state index contributed by atoms with van der Waals surface area (Å²) in [6, 6.07) is 4.50. The zero-order valence-corrected chi connectivity index (χ0v) is 9.14. The zero-order chi connectivity index (χ0) is 12.3. The fourth-order valence-corrected chi connectivity index (χ4v) is 1.70. The first-order chi connectivity index (χ1) is 7.41. The maximum absolute atomic E-state index is 10.6. The molecule has 0 bridgehead atoms. The number of carboxylic acid groups (broad SMARTS) is 1. The molecule has 1 N–H and O–H groups in total. The third-order valence-corrected chi connectivity index (χ3v) is 2.48. The predicted molar refractivity (Wildman–Crippen MR) is 58.5 cm³/mol. The highest BCUT2D eigenvalue weighted by Gasteiger charge is 2.15. The highest BCUT2D eigenvalue weighted by atomic mass is 16.6. The first-order valence-corrected chi connectivity index (χ1v) is 4.88. The quantitative estimate of drug-likeness (QED) is 0.628. The average Bonchev–Trinajstić information content (AvgIpc) is 2.15. The number of benzene rings is 1. The smallest absolute Gasteiger partial charge is 0.303 e. The van der Waals surface area contributed by atoms with Crippen molar-refractivity contribution in [3.05, 3.63) is 39.4 Å². The van der Waals surface area contributed by atoms with Crippen LogP contribution in [-0.2, 0) is 4.79 Å². The van der Waals surface area contributed by atoms with Gasteiger partial charge >= 0.3 is 5.97 Å². The monoisotopic (exact) mass is 223 g/mol. The van der Waals surface area contributed by atoms with Crippen LogP contribution in [0.2, 0.25) is 0 Å². The summed E-state index contributed by atoms with van der Waals surface area (Å²) < 4.78 is 0. The molecule has 1 atom stereocenters. The van der Waals surface area contributed by atoms with Crippen molar-refractivity contribution in [1.82, 2.24) is 0 Å². The zero-order valence-electron chi connectivity index (χ0n) is 9.14. The van der Waals surface area contributed by atoms with Crippen molar-refractivity contribution in [2.75, 3.05) is 0 Å². The standard InChI is InChI=1S/C11H13NO4/c1-7-5-9(12(15)16)3-4-10(7)8(2)6-11(13)14/h3-5,8H,6H2,1-2H3,(H,13,14). The van der Waals surface area contributed by atoms with Crippen molar-refractivity contribution in [1.29, 1.82) is 0 Å². The van der Waals surface area contributed by atoms with Crippen LogP contribution in [0, 0.1) is 17.0 Å². The summed E-state index contributed by atoms with van der Waals surface area (Å²) in [6.07, 6.45) is 0.0264. The van der Waals surface area contributed by atoms with Gasteiger partial charge in [0.2, 0.25) is 0 Å². The topological polar surface area (TPSA) is 80.4 Å². The lowest BCUT2D eigenvalue weighted by Crippen LogP contribution is -2.04.